The van der Waals surface area contributed by atoms with E-state index in [2.05, 4.69) is 31.0 Å². The summed E-state index contributed by atoms with van der Waals surface area (Å²) in [5, 5.41) is 3.74. The lowest BCUT2D eigenvalue weighted by atomic mass is 9.88. The molecule has 19 heavy (non-hydrogen) atoms. The van der Waals surface area contributed by atoms with E-state index < -0.39 is 0 Å². The van der Waals surface area contributed by atoms with Gasteiger partial charge in [0.2, 0.25) is 0 Å². The SMILES string of the molecule is CCCCC(CC)CN1CC(C)NCC12CCCC2. The second-order valence-corrected chi connectivity index (χ2v) is 7.03. The maximum atomic E-state index is 3.74. The molecule has 2 atom stereocenters. The molecule has 1 saturated heterocycles. The first-order valence-corrected chi connectivity index (χ1v) is 8.68. The van der Waals surface area contributed by atoms with Crippen LogP contribution in [0.15, 0.2) is 0 Å². The Morgan fingerprint density at radius 1 is 1.26 bits per heavy atom. The van der Waals surface area contributed by atoms with Crippen molar-refractivity contribution >= 4 is 0 Å². The van der Waals surface area contributed by atoms with Crippen molar-refractivity contribution in [2.24, 2.45) is 5.92 Å². The van der Waals surface area contributed by atoms with Crippen molar-refractivity contribution in [3.8, 4) is 0 Å². The molecule has 1 saturated carbocycles. The van der Waals surface area contributed by atoms with Gasteiger partial charge in [-0.25, -0.2) is 0 Å². The number of hydrogen-bond donors (Lipinski definition) is 1. The van der Waals surface area contributed by atoms with Crippen LogP contribution in [0, 0.1) is 5.92 Å². The highest BCUT2D eigenvalue weighted by molar-refractivity contribution is 5.01. The summed E-state index contributed by atoms with van der Waals surface area (Å²) in [5.74, 6) is 0.919. The summed E-state index contributed by atoms with van der Waals surface area (Å²) in [6.07, 6.45) is 11.3. The Hall–Kier alpha value is -0.0800. The van der Waals surface area contributed by atoms with Crippen LogP contribution in [0.1, 0.15) is 72.1 Å². The molecule has 2 nitrogen and oxygen atoms in total. The second-order valence-electron chi connectivity index (χ2n) is 7.03. The van der Waals surface area contributed by atoms with Crippen LogP contribution in [0.3, 0.4) is 0 Å². The zero-order valence-electron chi connectivity index (χ0n) is 13.4. The number of nitrogens with one attached hydrogen (secondary N) is 1. The molecular weight excluding hydrogens is 232 g/mol. The van der Waals surface area contributed by atoms with Gasteiger partial charge >= 0.3 is 0 Å². The summed E-state index contributed by atoms with van der Waals surface area (Å²) in [5.41, 5.74) is 0.520. The molecule has 0 amide bonds. The van der Waals surface area contributed by atoms with Crippen LogP contribution < -0.4 is 5.32 Å². The van der Waals surface area contributed by atoms with Crippen molar-refractivity contribution in [2.45, 2.75) is 83.7 Å². The van der Waals surface area contributed by atoms with E-state index in [1.165, 1.54) is 71.0 Å². The molecule has 1 spiro atoms. The van der Waals surface area contributed by atoms with Gasteiger partial charge in [0, 0.05) is 31.2 Å². The zero-order valence-corrected chi connectivity index (χ0v) is 13.4. The van der Waals surface area contributed by atoms with E-state index >= 15 is 0 Å². The molecule has 1 aliphatic heterocycles. The molecule has 1 heterocycles. The lowest BCUT2D eigenvalue weighted by molar-refractivity contribution is 0.0304. The minimum Gasteiger partial charge on any atom is -0.311 e. The van der Waals surface area contributed by atoms with Crippen LogP contribution in [-0.2, 0) is 0 Å². The molecule has 2 aliphatic rings. The fraction of sp³-hybridized carbons (Fsp3) is 1.00. The summed E-state index contributed by atoms with van der Waals surface area (Å²) in [4.78, 5) is 2.88. The number of piperazine rings is 1. The van der Waals surface area contributed by atoms with E-state index in [0.717, 1.165) is 5.92 Å². The maximum Gasteiger partial charge on any atom is 0.0334 e. The van der Waals surface area contributed by atoms with Crippen LogP contribution in [0.2, 0.25) is 0 Å². The van der Waals surface area contributed by atoms with Crippen molar-refractivity contribution in [1.29, 1.82) is 0 Å². The van der Waals surface area contributed by atoms with Gasteiger partial charge < -0.3 is 5.32 Å². The van der Waals surface area contributed by atoms with Crippen molar-refractivity contribution in [3.05, 3.63) is 0 Å². The van der Waals surface area contributed by atoms with E-state index in [-0.39, 0.29) is 0 Å². The average Bonchev–Trinajstić information content (AvgIpc) is 2.88. The predicted molar refractivity (Wildman–Crippen MR) is 83.5 cm³/mol. The second kappa shape index (κ2) is 7.08. The largest absolute Gasteiger partial charge is 0.311 e. The van der Waals surface area contributed by atoms with Gasteiger partial charge in [-0.1, -0.05) is 46.0 Å². The van der Waals surface area contributed by atoms with Gasteiger partial charge in [0.05, 0.1) is 0 Å². The average molecular weight is 266 g/mol. The predicted octanol–water partition coefficient (Wildman–Crippen LogP) is 3.81. The highest BCUT2D eigenvalue weighted by Gasteiger charge is 2.42. The van der Waals surface area contributed by atoms with Gasteiger partial charge in [-0.05, 0) is 32.1 Å². The Morgan fingerprint density at radius 2 is 2.00 bits per heavy atom. The molecule has 1 aliphatic carbocycles. The summed E-state index contributed by atoms with van der Waals surface area (Å²) in [6.45, 7) is 10.9. The minimum absolute atomic E-state index is 0.520. The Kier molecular flexibility index (Phi) is 5.70. The molecule has 0 bridgehead atoms. The molecule has 112 valence electrons. The first-order valence-electron chi connectivity index (χ1n) is 8.68. The van der Waals surface area contributed by atoms with Gasteiger partial charge in [0.25, 0.3) is 0 Å². The number of hydrogen-bond acceptors (Lipinski definition) is 2. The molecule has 0 aromatic heterocycles. The van der Waals surface area contributed by atoms with E-state index in [0.29, 0.717) is 11.6 Å². The first-order chi connectivity index (χ1) is 9.20. The molecular formula is C17H34N2. The third-order valence-electron chi connectivity index (χ3n) is 5.50. The summed E-state index contributed by atoms with van der Waals surface area (Å²) >= 11 is 0. The Labute approximate surface area is 120 Å². The highest BCUT2D eigenvalue weighted by Crippen LogP contribution is 2.37. The fourth-order valence-electron chi connectivity index (χ4n) is 4.09. The standard InChI is InChI=1S/C17H34N2/c1-4-6-9-16(5-2)13-19-12-15(3)18-14-17(19)10-7-8-11-17/h15-16,18H,4-14H2,1-3H3. The van der Waals surface area contributed by atoms with Gasteiger partial charge in [-0.15, -0.1) is 0 Å². The molecule has 0 aromatic rings. The quantitative estimate of drug-likeness (QED) is 0.786. The lowest BCUT2D eigenvalue weighted by Gasteiger charge is -2.49. The van der Waals surface area contributed by atoms with E-state index in [9.17, 15) is 0 Å². The minimum atomic E-state index is 0.520. The lowest BCUT2D eigenvalue weighted by Crippen LogP contribution is -2.63. The summed E-state index contributed by atoms with van der Waals surface area (Å²) < 4.78 is 0. The zero-order chi connectivity index (χ0) is 13.7. The Morgan fingerprint density at radius 3 is 2.63 bits per heavy atom. The topological polar surface area (TPSA) is 15.3 Å². The molecule has 2 fully saturated rings. The van der Waals surface area contributed by atoms with E-state index in [4.69, 9.17) is 0 Å². The van der Waals surface area contributed by atoms with Crippen molar-refractivity contribution in [1.82, 2.24) is 10.2 Å². The molecule has 0 aromatic carbocycles. The van der Waals surface area contributed by atoms with Gasteiger partial charge in [0.15, 0.2) is 0 Å². The number of rotatable bonds is 6. The molecule has 2 unspecified atom stereocenters. The van der Waals surface area contributed by atoms with Gasteiger partial charge in [0.1, 0.15) is 0 Å². The first kappa shape index (κ1) is 15.3. The maximum absolute atomic E-state index is 3.74. The van der Waals surface area contributed by atoms with Crippen LogP contribution in [-0.4, -0.2) is 36.1 Å². The van der Waals surface area contributed by atoms with Crippen LogP contribution in [0.4, 0.5) is 0 Å². The van der Waals surface area contributed by atoms with Gasteiger partial charge in [-0.2, -0.15) is 0 Å². The number of unbranched alkanes of at least 4 members (excludes halogenated alkanes) is 1. The number of nitrogens with zero attached hydrogens (tertiary/aromatic N) is 1. The van der Waals surface area contributed by atoms with Crippen molar-refractivity contribution < 1.29 is 0 Å². The molecule has 1 N–H and O–H groups in total. The Bertz CT molecular complexity index is 258. The van der Waals surface area contributed by atoms with E-state index in [1.807, 2.05) is 0 Å². The third kappa shape index (κ3) is 3.72. The molecule has 2 rings (SSSR count). The van der Waals surface area contributed by atoms with Crippen molar-refractivity contribution in [2.75, 3.05) is 19.6 Å². The van der Waals surface area contributed by atoms with E-state index in [1.54, 1.807) is 0 Å². The van der Waals surface area contributed by atoms with Crippen molar-refractivity contribution in [3.63, 3.8) is 0 Å². The summed E-state index contributed by atoms with van der Waals surface area (Å²) in [7, 11) is 0. The molecule has 0 radical (unpaired) electrons. The monoisotopic (exact) mass is 266 g/mol. The summed E-state index contributed by atoms with van der Waals surface area (Å²) in [6, 6.07) is 0.676. The smallest absolute Gasteiger partial charge is 0.0334 e. The Balaban J connectivity index is 1.96. The normalized spacial score (nSPS) is 28.9. The van der Waals surface area contributed by atoms with Crippen LogP contribution in [0.25, 0.3) is 0 Å². The van der Waals surface area contributed by atoms with Gasteiger partial charge in [-0.3, -0.25) is 4.90 Å². The fourth-order valence-corrected chi connectivity index (χ4v) is 4.09. The third-order valence-corrected chi connectivity index (χ3v) is 5.50. The van der Waals surface area contributed by atoms with Crippen LogP contribution >= 0.6 is 0 Å². The molecule has 2 heteroatoms. The highest BCUT2D eigenvalue weighted by atomic mass is 15.3. The van der Waals surface area contributed by atoms with Crippen LogP contribution in [0.5, 0.6) is 0 Å².